The molecule has 0 amide bonds. The molecule has 4 rings (SSSR count). The smallest absolute Gasteiger partial charge is 0.134 e. The fraction of sp³-hybridized carbons (Fsp3) is 0.520. The lowest BCUT2D eigenvalue weighted by Crippen LogP contribution is -2.55. The van der Waals surface area contributed by atoms with Crippen LogP contribution in [-0.4, -0.2) is 78.9 Å². The first-order valence-electron chi connectivity index (χ1n) is 11.3. The van der Waals surface area contributed by atoms with Gasteiger partial charge in [-0.25, -0.2) is 4.39 Å². The van der Waals surface area contributed by atoms with Crippen LogP contribution in [0.5, 0.6) is 5.75 Å². The Bertz CT molecular complexity index is 903. The third-order valence-electron chi connectivity index (χ3n) is 6.32. The molecular formula is C25H33FN2O4. The number of ether oxygens (including phenoxy) is 2. The molecule has 6 nitrogen and oxygen atoms in total. The van der Waals surface area contributed by atoms with E-state index in [1.165, 1.54) is 23.4 Å². The van der Waals surface area contributed by atoms with Crippen molar-refractivity contribution in [2.45, 2.75) is 31.0 Å². The summed E-state index contributed by atoms with van der Waals surface area (Å²) in [5, 5.41) is 22.4. The molecule has 0 bridgehead atoms. The molecule has 0 aliphatic carbocycles. The van der Waals surface area contributed by atoms with Crippen LogP contribution in [0, 0.1) is 12.7 Å². The van der Waals surface area contributed by atoms with E-state index in [0.717, 1.165) is 13.1 Å². The molecule has 2 aromatic carbocycles. The Labute approximate surface area is 189 Å². The molecule has 0 saturated carbocycles. The van der Waals surface area contributed by atoms with Crippen LogP contribution >= 0.6 is 0 Å². The number of β-amino-alcohol motifs (C(OH)–C–C–N with tert-alkyl or cyclic N) is 2. The second-order valence-corrected chi connectivity index (χ2v) is 9.28. The summed E-state index contributed by atoms with van der Waals surface area (Å²) in [6, 6.07) is 14.3. The van der Waals surface area contributed by atoms with Gasteiger partial charge in [0.15, 0.2) is 0 Å². The van der Waals surface area contributed by atoms with E-state index in [9.17, 15) is 14.6 Å². The minimum Gasteiger partial charge on any atom is -0.490 e. The van der Waals surface area contributed by atoms with Crippen molar-refractivity contribution in [3.05, 3.63) is 59.9 Å². The standard InChI is InChI=1S/C25H33FN2O4/c1-20-4-2-6-22(14-20)28-10-8-24(29,9-11-28)16-27-12-13-31-18-25(30,17-27)19-32-23-7-3-5-21(26)15-23/h2-7,14-15,29-30H,8-13,16-19H2,1H3/t25-/m0/s1. The molecule has 2 aliphatic heterocycles. The normalized spacial score (nSPS) is 24.2. The van der Waals surface area contributed by atoms with E-state index < -0.39 is 11.2 Å². The Balaban J connectivity index is 1.33. The van der Waals surface area contributed by atoms with Gasteiger partial charge in [-0.1, -0.05) is 18.2 Å². The molecule has 0 spiro atoms. The van der Waals surface area contributed by atoms with E-state index in [-0.39, 0.29) is 19.0 Å². The largest absolute Gasteiger partial charge is 0.490 e. The maximum atomic E-state index is 13.4. The van der Waals surface area contributed by atoms with Crippen LogP contribution in [0.3, 0.4) is 0 Å². The van der Waals surface area contributed by atoms with Gasteiger partial charge in [0.2, 0.25) is 0 Å². The van der Waals surface area contributed by atoms with Gasteiger partial charge in [-0.3, -0.25) is 4.90 Å². The van der Waals surface area contributed by atoms with Crippen molar-refractivity contribution in [3.63, 3.8) is 0 Å². The Morgan fingerprint density at radius 3 is 2.56 bits per heavy atom. The number of halogens is 1. The predicted octanol–water partition coefficient (Wildman–Crippen LogP) is 2.61. The summed E-state index contributed by atoms with van der Waals surface area (Å²) in [7, 11) is 0. The molecule has 2 fully saturated rings. The summed E-state index contributed by atoms with van der Waals surface area (Å²) in [6.07, 6.45) is 1.33. The molecular weight excluding hydrogens is 411 g/mol. The van der Waals surface area contributed by atoms with Gasteiger partial charge in [0.05, 0.1) is 18.8 Å². The van der Waals surface area contributed by atoms with Crippen LogP contribution in [-0.2, 0) is 4.74 Å². The fourth-order valence-electron chi connectivity index (χ4n) is 4.57. The monoisotopic (exact) mass is 444 g/mol. The van der Waals surface area contributed by atoms with Gasteiger partial charge >= 0.3 is 0 Å². The first-order chi connectivity index (χ1) is 15.3. The first-order valence-corrected chi connectivity index (χ1v) is 11.3. The van der Waals surface area contributed by atoms with Gasteiger partial charge in [-0.15, -0.1) is 0 Å². The number of nitrogens with zero attached hydrogens (tertiary/aromatic N) is 2. The minimum absolute atomic E-state index is 0.00742. The number of hydrogen-bond acceptors (Lipinski definition) is 6. The van der Waals surface area contributed by atoms with Crippen LogP contribution in [0.25, 0.3) is 0 Å². The number of benzene rings is 2. The topological polar surface area (TPSA) is 65.4 Å². The fourth-order valence-corrected chi connectivity index (χ4v) is 4.57. The van der Waals surface area contributed by atoms with Gasteiger partial charge in [-0.2, -0.15) is 0 Å². The molecule has 0 unspecified atom stereocenters. The number of aliphatic hydroxyl groups is 2. The zero-order valence-electron chi connectivity index (χ0n) is 18.7. The summed E-state index contributed by atoms with van der Waals surface area (Å²) in [5.41, 5.74) is 0.378. The zero-order valence-corrected chi connectivity index (χ0v) is 18.7. The predicted molar refractivity (Wildman–Crippen MR) is 122 cm³/mol. The lowest BCUT2D eigenvalue weighted by atomic mass is 9.90. The van der Waals surface area contributed by atoms with Crippen molar-refractivity contribution in [1.82, 2.24) is 4.90 Å². The van der Waals surface area contributed by atoms with Crippen LogP contribution < -0.4 is 9.64 Å². The van der Waals surface area contributed by atoms with Gasteiger partial charge < -0.3 is 24.6 Å². The highest BCUT2D eigenvalue weighted by atomic mass is 19.1. The third-order valence-corrected chi connectivity index (χ3v) is 6.32. The van der Waals surface area contributed by atoms with E-state index in [1.54, 1.807) is 12.1 Å². The Morgan fingerprint density at radius 2 is 1.81 bits per heavy atom. The van der Waals surface area contributed by atoms with Gasteiger partial charge in [0.25, 0.3) is 0 Å². The van der Waals surface area contributed by atoms with E-state index in [4.69, 9.17) is 9.47 Å². The number of rotatable bonds is 6. The SMILES string of the molecule is Cc1cccc(N2CCC(O)(CN3CCOC[C@](O)(COc4cccc(F)c4)C3)CC2)c1. The van der Waals surface area contributed by atoms with E-state index in [2.05, 4.69) is 41.0 Å². The van der Waals surface area contributed by atoms with Gasteiger partial charge in [0.1, 0.15) is 23.8 Å². The maximum absolute atomic E-state index is 13.4. The lowest BCUT2D eigenvalue weighted by molar-refractivity contribution is -0.0742. The Morgan fingerprint density at radius 1 is 1.03 bits per heavy atom. The Hall–Kier alpha value is -2.19. The highest BCUT2D eigenvalue weighted by Crippen LogP contribution is 2.28. The summed E-state index contributed by atoms with van der Waals surface area (Å²) < 4.78 is 24.7. The first kappa shape index (κ1) is 23.0. The molecule has 1 atom stereocenters. The van der Waals surface area contributed by atoms with Crippen molar-refractivity contribution < 1.29 is 24.1 Å². The summed E-state index contributed by atoms with van der Waals surface area (Å²) >= 11 is 0. The quantitative estimate of drug-likeness (QED) is 0.714. The molecule has 7 heteroatoms. The second-order valence-electron chi connectivity index (χ2n) is 9.28. The number of anilines is 1. The third kappa shape index (κ3) is 5.98. The van der Waals surface area contributed by atoms with E-state index in [1.807, 2.05) is 0 Å². The average Bonchev–Trinajstić information content (AvgIpc) is 2.94. The van der Waals surface area contributed by atoms with Crippen LogP contribution in [0.15, 0.2) is 48.5 Å². The molecule has 2 N–H and O–H groups in total. The molecule has 2 heterocycles. The highest BCUT2D eigenvalue weighted by Gasteiger charge is 2.39. The van der Waals surface area contributed by atoms with Crippen molar-refractivity contribution in [2.24, 2.45) is 0 Å². The average molecular weight is 445 g/mol. The van der Waals surface area contributed by atoms with Crippen molar-refractivity contribution >= 4 is 5.69 Å². The molecule has 2 aromatic rings. The molecule has 174 valence electrons. The molecule has 32 heavy (non-hydrogen) atoms. The van der Waals surface area contributed by atoms with Crippen molar-refractivity contribution in [3.8, 4) is 5.75 Å². The summed E-state index contributed by atoms with van der Waals surface area (Å²) in [4.78, 5) is 4.38. The maximum Gasteiger partial charge on any atom is 0.134 e. The van der Waals surface area contributed by atoms with Crippen molar-refractivity contribution in [2.75, 3.05) is 57.4 Å². The Kier molecular flexibility index (Phi) is 7.00. The zero-order chi connectivity index (χ0) is 22.6. The number of piperidine rings is 1. The highest BCUT2D eigenvalue weighted by molar-refractivity contribution is 5.48. The molecule has 2 aliphatic rings. The molecule has 2 saturated heterocycles. The van der Waals surface area contributed by atoms with Crippen LogP contribution in [0.2, 0.25) is 0 Å². The second kappa shape index (κ2) is 9.75. The van der Waals surface area contributed by atoms with E-state index in [0.29, 0.717) is 44.8 Å². The lowest BCUT2D eigenvalue weighted by Gasteiger charge is -2.42. The molecule has 0 aromatic heterocycles. The minimum atomic E-state index is -1.23. The number of hydrogen-bond donors (Lipinski definition) is 2. The van der Waals surface area contributed by atoms with Crippen molar-refractivity contribution in [1.29, 1.82) is 0 Å². The van der Waals surface area contributed by atoms with Crippen LogP contribution in [0.4, 0.5) is 10.1 Å². The summed E-state index contributed by atoms with van der Waals surface area (Å²) in [6.45, 7) is 5.70. The number of aryl methyl sites for hydroxylation is 1. The molecule has 0 radical (unpaired) electrons. The van der Waals surface area contributed by atoms with Crippen LogP contribution in [0.1, 0.15) is 18.4 Å². The van der Waals surface area contributed by atoms with Gasteiger partial charge in [-0.05, 0) is 49.6 Å². The summed E-state index contributed by atoms with van der Waals surface area (Å²) in [5.74, 6) is -0.0103. The van der Waals surface area contributed by atoms with E-state index >= 15 is 0 Å². The van der Waals surface area contributed by atoms with Gasteiger partial charge in [0, 0.05) is 44.5 Å².